The molecule has 10 heteroatoms. The maximum absolute atomic E-state index is 13.1. The van der Waals surface area contributed by atoms with Gasteiger partial charge in [0.25, 0.3) is 0 Å². The van der Waals surface area contributed by atoms with Crippen LogP contribution in [0.4, 0.5) is 9.18 Å². The Morgan fingerprint density at radius 3 is 2.81 bits per heavy atom. The molecule has 26 heavy (non-hydrogen) atoms. The second-order valence-electron chi connectivity index (χ2n) is 6.50. The molecule has 1 N–H and O–H groups in total. The molecular weight excluding hydrogens is 409 g/mol. The molecule has 0 radical (unpaired) electrons. The minimum Gasteiger partial charge on any atom is -0.445 e. The van der Waals surface area contributed by atoms with Crippen molar-refractivity contribution in [2.75, 3.05) is 6.61 Å². The van der Waals surface area contributed by atoms with Crippen LogP contribution < -0.4 is 11.0 Å². The Morgan fingerprint density at radius 1 is 1.46 bits per heavy atom. The molecule has 0 aliphatic rings. The first-order chi connectivity index (χ1) is 12.2. The normalized spacial score (nSPS) is 12.1. The van der Waals surface area contributed by atoms with Crippen molar-refractivity contribution in [2.45, 2.75) is 32.9 Å². The van der Waals surface area contributed by atoms with Gasteiger partial charge in [-0.1, -0.05) is 0 Å². The van der Waals surface area contributed by atoms with Crippen molar-refractivity contribution >= 4 is 22.0 Å². The number of halogens is 2. The molecule has 2 heterocycles. The fourth-order valence-electron chi connectivity index (χ4n) is 1.97. The van der Waals surface area contributed by atoms with Gasteiger partial charge < -0.3 is 10.1 Å². The van der Waals surface area contributed by atoms with E-state index in [9.17, 15) is 14.0 Å². The highest BCUT2D eigenvalue weighted by atomic mass is 79.9. The van der Waals surface area contributed by atoms with Crippen molar-refractivity contribution in [2.24, 2.45) is 0 Å². The van der Waals surface area contributed by atoms with E-state index in [0.717, 1.165) is 4.68 Å². The molecule has 2 aromatic rings. The van der Waals surface area contributed by atoms with Crippen LogP contribution in [0.3, 0.4) is 0 Å². The molecule has 0 spiro atoms. The predicted molar refractivity (Wildman–Crippen MR) is 96.7 cm³/mol. The number of carbonyl (C=O) groups is 1. The van der Waals surface area contributed by atoms with E-state index in [1.165, 1.54) is 17.1 Å². The summed E-state index contributed by atoms with van der Waals surface area (Å²) in [6.07, 6.45) is 2.50. The van der Waals surface area contributed by atoms with E-state index < -0.39 is 17.3 Å². The molecular formula is C16H19BrFN5O3. The van der Waals surface area contributed by atoms with Gasteiger partial charge in [0, 0.05) is 17.3 Å². The fourth-order valence-corrected chi connectivity index (χ4v) is 2.32. The van der Waals surface area contributed by atoms with Gasteiger partial charge >= 0.3 is 11.8 Å². The lowest BCUT2D eigenvalue weighted by Gasteiger charge is -2.20. The monoisotopic (exact) mass is 427 g/mol. The number of ether oxygens (including phenoxy) is 1. The minimum absolute atomic E-state index is 0.0947. The maximum Gasteiger partial charge on any atom is 0.407 e. The molecule has 1 amide bonds. The summed E-state index contributed by atoms with van der Waals surface area (Å²) in [7, 11) is 0. The van der Waals surface area contributed by atoms with Crippen LogP contribution in [0.15, 0.2) is 46.0 Å². The zero-order chi connectivity index (χ0) is 19.3. The van der Waals surface area contributed by atoms with Gasteiger partial charge in [-0.05, 0) is 48.8 Å². The number of hydrogen-bond donors (Lipinski definition) is 1. The first kappa shape index (κ1) is 19.8. The summed E-state index contributed by atoms with van der Waals surface area (Å²) in [6, 6.07) is 3.29. The van der Waals surface area contributed by atoms with Crippen LogP contribution in [0, 0.1) is 0 Å². The number of nitrogens with zero attached hydrogens (tertiary/aromatic N) is 4. The van der Waals surface area contributed by atoms with Crippen molar-refractivity contribution in [3.63, 3.8) is 0 Å². The molecule has 8 nitrogen and oxygen atoms in total. The Balaban J connectivity index is 2.06. The fraction of sp³-hybridized carbons (Fsp3) is 0.375. The van der Waals surface area contributed by atoms with Gasteiger partial charge in [-0.15, -0.1) is 0 Å². The zero-order valence-electron chi connectivity index (χ0n) is 14.6. The van der Waals surface area contributed by atoms with Crippen molar-refractivity contribution in [1.29, 1.82) is 0 Å². The average Bonchev–Trinajstić information content (AvgIpc) is 2.90. The summed E-state index contributed by atoms with van der Waals surface area (Å²) in [5, 5.41) is 6.56. The molecule has 0 bridgehead atoms. The van der Waals surface area contributed by atoms with Gasteiger partial charge in [0.05, 0.1) is 18.6 Å². The first-order valence-electron chi connectivity index (χ1n) is 7.69. The molecule has 0 unspecified atom stereocenters. The standard InChI is InChI=1S/C16H19BrFN5O3/c1-16(2,3)21-14(24)26-9-11(7-18)8-23-15(25)22(10-20-23)12-4-5-19-13(17)6-12/h4-7,10H,8-9H2,1-3H3,(H,21,24)/b11-7+. The predicted octanol–water partition coefficient (Wildman–Crippen LogP) is 2.57. The third-order valence-electron chi connectivity index (χ3n) is 3.09. The van der Waals surface area contributed by atoms with Gasteiger partial charge in [-0.3, -0.25) is 0 Å². The van der Waals surface area contributed by atoms with E-state index >= 15 is 0 Å². The smallest absolute Gasteiger partial charge is 0.407 e. The number of hydrogen-bond acceptors (Lipinski definition) is 5. The van der Waals surface area contributed by atoms with E-state index in [2.05, 4.69) is 31.3 Å². The Bertz CT molecular complexity index is 869. The third-order valence-corrected chi connectivity index (χ3v) is 3.53. The van der Waals surface area contributed by atoms with Gasteiger partial charge in [-0.2, -0.15) is 5.10 Å². The molecule has 0 fully saturated rings. The Labute approximate surface area is 157 Å². The van der Waals surface area contributed by atoms with E-state index in [0.29, 0.717) is 16.6 Å². The van der Waals surface area contributed by atoms with Crippen LogP contribution in [0.5, 0.6) is 0 Å². The topological polar surface area (TPSA) is 91.0 Å². The summed E-state index contributed by atoms with van der Waals surface area (Å²) < 4.78 is 21.0. The quantitative estimate of drug-likeness (QED) is 0.740. The molecule has 0 atom stereocenters. The SMILES string of the molecule is CC(C)(C)NC(=O)OC/C(=C/F)Cn1ncn(-c2ccnc(Br)c2)c1=O. The Hall–Kier alpha value is -2.49. The Kier molecular flexibility index (Phi) is 6.30. The highest BCUT2D eigenvalue weighted by Gasteiger charge is 2.16. The average molecular weight is 428 g/mol. The van der Waals surface area contributed by atoms with Crippen molar-refractivity contribution < 1.29 is 13.9 Å². The summed E-state index contributed by atoms with van der Waals surface area (Å²) in [5.41, 5.74) is -0.265. The molecule has 0 saturated heterocycles. The first-order valence-corrected chi connectivity index (χ1v) is 8.48. The number of aromatic nitrogens is 4. The van der Waals surface area contributed by atoms with Crippen molar-refractivity contribution in [1.82, 2.24) is 24.6 Å². The van der Waals surface area contributed by atoms with E-state index in [-0.39, 0.29) is 18.7 Å². The van der Waals surface area contributed by atoms with Gasteiger partial charge in [0.2, 0.25) is 0 Å². The lowest BCUT2D eigenvalue weighted by molar-refractivity contribution is 0.145. The number of amides is 1. The molecule has 0 aliphatic carbocycles. The number of rotatable bonds is 5. The second kappa shape index (κ2) is 8.26. The zero-order valence-corrected chi connectivity index (χ0v) is 16.2. The van der Waals surface area contributed by atoms with Crippen LogP contribution in [0.25, 0.3) is 5.69 Å². The van der Waals surface area contributed by atoms with Gasteiger partial charge in [0.1, 0.15) is 17.5 Å². The minimum atomic E-state index is -0.670. The number of nitrogens with one attached hydrogen (secondary N) is 1. The van der Waals surface area contributed by atoms with Crippen molar-refractivity contribution in [3.05, 3.63) is 51.6 Å². The summed E-state index contributed by atoms with van der Waals surface area (Å²) >= 11 is 3.23. The highest BCUT2D eigenvalue weighted by molar-refractivity contribution is 9.10. The second-order valence-corrected chi connectivity index (χ2v) is 7.31. The van der Waals surface area contributed by atoms with Crippen molar-refractivity contribution in [3.8, 4) is 5.69 Å². The maximum atomic E-state index is 13.1. The highest BCUT2D eigenvalue weighted by Crippen LogP contribution is 2.11. The third kappa shape index (κ3) is 5.51. The van der Waals surface area contributed by atoms with E-state index in [1.807, 2.05) is 0 Å². The van der Waals surface area contributed by atoms with Gasteiger partial charge in [-0.25, -0.2) is 28.2 Å². The van der Waals surface area contributed by atoms with E-state index in [1.54, 1.807) is 32.9 Å². The summed E-state index contributed by atoms with van der Waals surface area (Å²) in [6.45, 7) is 4.95. The molecule has 2 aromatic heterocycles. The summed E-state index contributed by atoms with van der Waals surface area (Å²) in [5.74, 6) is 0. The largest absolute Gasteiger partial charge is 0.445 e. The lowest BCUT2D eigenvalue weighted by Crippen LogP contribution is -2.41. The molecule has 2 rings (SSSR count). The number of alkyl carbamates (subject to hydrolysis) is 1. The van der Waals surface area contributed by atoms with Crippen LogP contribution >= 0.6 is 15.9 Å². The molecule has 0 saturated carbocycles. The molecule has 140 valence electrons. The number of carbonyl (C=O) groups excluding carboxylic acids is 1. The lowest BCUT2D eigenvalue weighted by atomic mass is 10.1. The molecule has 0 aliphatic heterocycles. The van der Waals surface area contributed by atoms with E-state index in [4.69, 9.17) is 4.74 Å². The van der Waals surface area contributed by atoms with Crippen LogP contribution in [-0.4, -0.2) is 37.6 Å². The Morgan fingerprint density at radius 2 is 2.19 bits per heavy atom. The number of pyridine rings is 1. The summed E-state index contributed by atoms with van der Waals surface area (Å²) in [4.78, 5) is 28.0. The van der Waals surface area contributed by atoms with Gasteiger partial charge in [0.15, 0.2) is 0 Å². The molecule has 0 aromatic carbocycles. The van der Waals surface area contributed by atoms with Crippen LogP contribution in [-0.2, 0) is 11.3 Å². The van der Waals surface area contributed by atoms with Crippen LogP contribution in [0.2, 0.25) is 0 Å². The van der Waals surface area contributed by atoms with Crippen LogP contribution in [0.1, 0.15) is 20.8 Å².